The molecule has 2 aromatic heterocycles. The van der Waals surface area contributed by atoms with Crippen molar-refractivity contribution in [2.45, 2.75) is 6.54 Å². The molecule has 0 bridgehead atoms. The third kappa shape index (κ3) is 2.08. The molecule has 0 aliphatic rings. The van der Waals surface area contributed by atoms with E-state index in [1.807, 2.05) is 24.3 Å². The Morgan fingerprint density at radius 2 is 2.12 bits per heavy atom. The third-order valence-electron chi connectivity index (χ3n) is 2.40. The van der Waals surface area contributed by atoms with E-state index in [1.54, 1.807) is 18.5 Å². The number of fused-ring (bicyclic) bond motifs is 1. The van der Waals surface area contributed by atoms with Gasteiger partial charge in [0.1, 0.15) is 0 Å². The molecule has 1 N–H and O–H groups in total. The summed E-state index contributed by atoms with van der Waals surface area (Å²) in [5, 5.41) is 7.74. The maximum atomic E-state index is 4.97. The first-order valence-electron chi connectivity index (χ1n) is 5.27. The van der Waals surface area contributed by atoms with Crippen molar-refractivity contribution in [1.82, 2.24) is 15.1 Å². The van der Waals surface area contributed by atoms with E-state index in [1.165, 1.54) is 0 Å². The van der Waals surface area contributed by atoms with Gasteiger partial charge in [-0.2, -0.15) is 0 Å². The highest BCUT2D eigenvalue weighted by Gasteiger charge is 2.00. The van der Waals surface area contributed by atoms with Crippen molar-refractivity contribution in [2.24, 2.45) is 0 Å². The van der Waals surface area contributed by atoms with Gasteiger partial charge in [-0.3, -0.25) is 0 Å². The van der Waals surface area contributed by atoms with Gasteiger partial charge >= 0.3 is 0 Å². The number of nitrogens with zero attached hydrogens (tertiary/aromatic N) is 3. The second-order valence-corrected chi connectivity index (χ2v) is 3.58. The molecule has 1 aromatic carbocycles. The predicted molar refractivity (Wildman–Crippen MR) is 63.4 cm³/mol. The van der Waals surface area contributed by atoms with E-state index in [0.717, 1.165) is 16.7 Å². The molecule has 5 nitrogen and oxygen atoms in total. The van der Waals surface area contributed by atoms with Crippen LogP contribution in [0.15, 0.2) is 47.2 Å². The second kappa shape index (κ2) is 4.21. The Hall–Kier alpha value is -2.43. The number of hydrogen-bond acceptors (Lipinski definition) is 5. The monoisotopic (exact) mass is 226 g/mol. The molecule has 0 amide bonds. The fourth-order valence-electron chi connectivity index (χ4n) is 1.56. The lowest BCUT2D eigenvalue weighted by Gasteiger charge is -2.03. The SMILES string of the molecule is c1ccc2nc(NCc3ccno3)ncc2c1. The Kier molecular flexibility index (Phi) is 2.42. The highest BCUT2D eigenvalue weighted by Crippen LogP contribution is 2.12. The van der Waals surface area contributed by atoms with Crippen LogP contribution in [0, 0.1) is 0 Å². The summed E-state index contributed by atoms with van der Waals surface area (Å²) in [7, 11) is 0. The highest BCUT2D eigenvalue weighted by atomic mass is 16.5. The summed E-state index contributed by atoms with van der Waals surface area (Å²) >= 11 is 0. The number of para-hydroxylation sites is 1. The summed E-state index contributed by atoms with van der Waals surface area (Å²) in [5.41, 5.74) is 0.919. The first kappa shape index (κ1) is 9.77. The summed E-state index contributed by atoms with van der Waals surface area (Å²) in [6, 6.07) is 9.66. The molecule has 3 rings (SSSR count). The Labute approximate surface area is 97.5 Å². The van der Waals surface area contributed by atoms with Crippen molar-refractivity contribution in [3.63, 3.8) is 0 Å². The van der Waals surface area contributed by atoms with Crippen LogP contribution in [0.5, 0.6) is 0 Å². The zero-order valence-corrected chi connectivity index (χ0v) is 9.00. The van der Waals surface area contributed by atoms with Crippen molar-refractivity contribution in [3.05, 3.63) is 48.5 Å². The molecule has 0 saturated heterocycles. The van der Waals surface area contributed by atoms with Crippen molar-refractivity contribution in [1.29, 1.82) is 0 Å². The minimum atomic E-state index is 0.526. The Morgan fingerprint density at radius 3 is 3.00 bits per heavy atom. The number of aromatic nitrogens is 3. The molecule has 0 unspecified atom stereocenters. The van der Waals surface area contributed by atoms with Gasteiger partial charge in [-0.1, -0.05) is 23.4 Å². The van der Waals surface area contributed by atoms with E-state index in [4.69, 9.17) is 4.52 Å². The van der Waals surface area contributed by atoms with E-state index in [0.29, 0.717) is 12.5 Å². The van der Waals surface area contributed by atoms with E-state index in [2.05, 4.69) is 20.4 Å². The second-order valence-electron chi connectivity index (χ2n) is 3.58. The van der Waals surface area contributed by atoms with Crippen LogP contribution in [0.1, 0.15) is 5.76 Å². The molecule has 17 heavy (non-hydrogen) atoms. The number of rotatable bonds is 3. The fraction of sp³-hybridized carbons (Fsp3) is 0.0833. The zero-order chi connectivity index (χ0) is 11.5. The molecule has 5 heteroatoms. The standard InChI is InChI=1S/C12H10N4O/c1-2-4-11-9(3-1)7-13-12(16-11)14-8-10-5-6-15-17-10/h1-7H,8H2,(H,13,14,16). The van der Waals surface area contributed by atoms with Crippen molar-refractivity contribution < 1.29 is 4.52 Å². The molecule has 0 aliphatic carbocycles. The number of nitrogens with one attached hydrogen (secondary N) is 1. The summed E-state index contributed by atoms with van der Waals surface area (Å²) in [4.78, 5) is 8.61. The van der Waals surface area contributed by atoms with Gasteiger partial charge in [-0.15, -0.1) is 0 Å². The van der Waals surface area contributed by atoms with Crippen LogP contribution < -0.4 is 5.32 Å². The maximum Gasteiger partial charge on any atom is 0.223 e. The average molecular weight is 226 g/mol. The van der Waals surface area contributed by atoms with Crippen molar-refractivity contribution >= 4 is 16.9 Å². The average Bonchev–Trinajstić information content (AvgIpc) is 2.89. The van der Waals surface area contributed by atoms with Crippen LogP contribution >= 0.6 is 0 Å². The smallest absolute Gasteiger partial charge is 0.223 e. The zero-order valence-electron chi connectivity index (χ0n) is 9.00. The fourth-order valence-corrected chi connectivity index (χ4v) is 1.56. The van der Waals surface area contributed by atoms with Gasteiger partial charge in [-0.05, 0) is 6.07 Å². The summed E-state index contributed by atoms with van der Waals surface area (Å²) in [5.74, 6) is 1.34. The lowest BCUT2D eigenvalue weighted by molar-refractivity contribution is 0.388. The molecule has 84 valence electrons. The first-order valence-corrected chi connectivity index (χ1v) is 5.27. The van der Waals surface area contributed by atoms with E-state index in [-0.39, 0.29) is 0 Å². The Balaban J connectivity index is 1.81. The van der Waals surface area contributed by atoms with Crippen LogP contribution in [-0.2, 0) is 6.54 Å². The van der Waals surface area contributed by atoms with E-state index >= 15 is 0 Å². The van der Waals surface area contributed by atoms with Crippen LogP contribution in [-0.4, -0.2) is 15.1 Å². The molecule has 0 aliphatic heterocycles. The summed E-state index contributed by atoms with van der Waals surface area (Å²) in [6.45, 7) is 0.526. The van der Waals surface area contributed by atoms with Gasteiger partial charge in [0.2, 0.25) is 5.95 Å². The molecule has 0 fully saturated rings. The van der Waals surface area contributed by atoms with Gasteiger partial charge in [0.15, 0.2) is 5.76 Å². The van der Waals surface area contributed by atoms with Crippen LogP contribution in [0.25, 0.3) is 10.9 Å². The normalized spacial score (nSPS) is 10.6. The van der Waals surface area contributed by atoms with Gasteiger partial charge < -0.3 is 9.84 Å². The quantitative estimate of drug-likeness (QED) is 0.741. The Bertz CT molecular complexity index is 621. The Morgan fingerprint density at radius 1 is 1.18 bits per heavy atom. The van der Waals surface area contributed by atoms with E-state index < -0.39 is 0 Å². The highest BCUT2D eigenvalue weighted by molar-refractivity contribution is 5.78. The number of anilines is 1. The topological polar surface area (TPSA) is 63.8 Å². The summed E-state index contributed by atoms with van der Waals surface area (Å²) in [6.07, 6.45) is 3.41. The van der Waals surface area contributed by atoms with Gasteiger partial charge in [-0.25, -0.2) is 9.97 Å². The van der Waals surface area contributed by atoms with E-state index in [9.17, 15) is 0 Å². The van der Waals surface area contributed by atoms with Crippen LogP contribution in [0.2, 0.25) is 0 Å². The number of hydrogen-bond donors (Lipinski definition) is 1. The molecule has 0 atom stereocenters. The molecule has 0 saturated carbocycles. The maximum absolute atomic E-state index is 4.97. The largest absolute Gasteiger partial charge is 0.360 e. The minimum Gasteiger partial charge on any atom is -0.360 e. The predicted octanol–water partition coefficient (Wildman–Crippen LogP) is 2.23. The molecule has 2 heterocycles. The van der Waals surface area contributed by atoms with Gasteiger partial charge in [0.05, 0.1) is 18.3 Å². The number of benzene rings is 1. The molecular weight excluding hydrogens is 216 g/mol. The minimum absolute atomic E-state index is 0.526. The van der Waals surface area contributed by atoms with Gasteiger partial charge in [0, 0.05) is 17.6 Å². The van der Waals surface area contributed by atoms with Crippen LogP contribution in [0.3, 0.4) is 0 Å². The molecule has 0 radical (unpaired) electrons. The lowest BCUT2D eigenvalue weighted by Crippen LogP contribution is -2.02. The summed E-state index contributed by atoms with van der Waals surface area (Å²) < 4.78 is 4.97. The van der Waals surface area contributed by atoms with Gasteiger partial charge in [0.25, 0.3) is 0 Å². The van der Waals surface area contributed by atoms with Crippen LogP contribution in [0.4, 0.5) is 5.95 Å². The molecule has 3 aromatic rings. The van der Waals surface area contributed by atoms with Crippen molar-refractivity contribution in [3.8, 4) is 0 Å². The molecular formula is C12H10N4O. The third-order valence-corrected chi connectivity index (χ3v) is 2.40. The van der Waals surface area contributed by atoms with Crippen molar-refractivity contribution in [2.75, 3.05) is 5.32 Å². The first-order chi connectivity index (χ1) is 8.42. The lowest BCUT2D eigenvalue weighted by atomic mass is 10.2. The molecule has 0 spiro atoms.